The van der Waals surface area contributed by atoms with Gasteiger partial charge in [-0.25, -0.2) is 0 Å². The first-order valence-electron chi connectivity index (χ1n) is 7.50. The quantitative estimate of drug-likeness (QED) is 0.509. The third kappa shape index (κ3) is 4.46. The zero-order chi connectivity index (χ0) is 18.7. The number of halogens is 2. The van der Waals surface area contributed by atoms with Crippen LogP contribution in [0.15, 0.2) is 56.6 Å². The molecule has 0 saturated carbocycles. The van der Waals surface area contributed by atoms with Gasteiger partial charge in [0, 0.05) is 21.7 Å². The lowest BCUT2D eigenvalue weighted by atomic mass is 10.2. The van der Waals surface area contributed by atoms with Gasteiger partial charge in [-0.15, -0.1) is 10.2 Å². The van der Waals surface area contributed by atoms with Gasteiger partial charge in [-0.1, -0.05) is 49.7 Å². The topological polar surface area (TPSA) is 80.0 Å². The fraction of sp³-hybridized carbons (Fsp3) is 0.118. The molecule has 3 aromatic rings. The Bertz CT molecular complexity index is 962. The number of carbonyl (C=O) groups excluding carboxylic acids is 1. The fourth-order valence-electron chi connectivity index (χ4n) is 2.26. The van der Waals surface area contributed by atoms with E-state index in [1.165, 1.54) is 11.8 Å². The van der Waals surface area contributed by atoms with Crippen LogP contribution in [0.3, 0.4) is 0 Å². The Kier molecular flexibility index (Phi) is 6.00. The van der Waals surface area contributed by atoms with Crippen LogP contribution in [0, 0.1) is 0 Å². The summed E-state index contributed by atoms with van der Waals surface area (Å²) in [4.78, 5) is 12.1. The van der Waals surface area contributed by atoms with Crippen molar-refractivity contribution in [3.8, 4) is 17.1 Å². The Morgan fingerprint density at radius 1 is 1.19 bits per heavy atom. The van der Waals surface area contributed by atoms with Crippen LogP contribution in [0.4, 0.5) is 5.69 Å². The number of carbonyl (C=O) groups is 1. The Labute approximate surface area is 171 Å². The SMILES string of the molecule is Cn1c(SCC(=O)Nc2cccc(Br)c2)nnc1-c1cc(Br)ccc1O. The Hall–Kier alpha value is -1.84. The third-order valence-corrected chi connectivity index (χ3v) is 5.48. The molecule has 0 atom stereocenters. The molecule has 0 fully saturated rings. The normalized spacial score (nSPS) is 10.7. The van der Waals surface area contributed by atoms with Gasteiger partial charge in [-0.05, 0) is 36.4 Å². The van der Waals surface area contributed by atoms with Crippen molar-refractivity contribution in [3.05, 3.63) is 51.4 Å². The highest BCUT2D eigenvalue weighted by Crippen LogP contribution is 2.32. The first kappa shape index (κ1) is 18.9. The summed E-state index contributed by atoms with van der Waals surface area (Å²) in [6.45, 7) is 0. The zero-order valence-corrected chi connectivity index (χ0v) is 17.6. The highest BCUT2D eigenvalue weighted by molar-refractivity contribution is 9.10. The van der Waals surface area contributed by atoms with Crippen LogP contribution in [-0.2, 0) is 11.8 Å². The lowest BCUT2D eigenvalue weighted by molar-refractivity contribution is -0.113. The van der Waals surface area contributed by atoms with E-state index in [9.17, 15) is 9.90 Å². The molecule has 0 aliphatic rings. The Balaban J connectivity index is 1.69. The first-order valence-corrected chi connectivity index (χ1v) is 10.1. The van der Waals surface area contributed by atoms with Crippen molar-refractivity contribution in [2.75, 3.05) is 11.1 Å². The van der Waals surface area contributed by atoms with Crippen LogP contribution < -0.4 is 5.32 Å². The molecule has 0 radical (unpaired) electrons. The zero-order valence-electron chi connectivity index (χ0n) is 13.6. The summed E-state index contributed by atoms with van der Waals surface area (Å²) in [6, 6.07) is 12.5. The van der Waals surface area contributed by atoms with Crippen molar-refractivity contribution in [3.63, 3.8) is 0 Å². The van der Waals surface area contributed by atoms with E-state index < -0.39 is 0 Å². The molecule has 0 spiro atoms. The summed E-state index contributed by atoms with van der Waals surface area (Å²) < 4.78 is 3.48. The number of hydrogen-bond donors (Lipinski definition) is 2. The Morgan fingerprint density at radius 3 is 2.73 bits per heavy atom. The molecule has 2 aromatic carbocycles. The molecular weight excluding hydrogens is 484 g/mol. The van der Waals surface area contributed by atoms with E-state index in [-0.39, 0.29) is 17.4 Å². The number of phenolic OH excluding ortho intramolecular Hbond substituents is 1. The summed E-state index contributed by atoms with van der Waals surface area (Å²) in [5, 5.41) is 21.7. The molecule has 134 valence electrons. The van der Waals surface area contributed by atoms with E-state index in [1.54, 1.807) is 29.8 Å². The number of phenols is 1. The summed E-state index contributed by atoms with van der Waals surface area (Å²) in [6.07, 6.45) is 0. The highest BCUT2D eigenvalue weighted by Gasteiger charge is 2.16. The number of thioether (sulfide) groups is 1. The van der Waals surface area contributed by atoms with Gasteiger partial charge in [0.1, 0.15) is 5.75 Å². The van der Waals surface area contributed by atoms with E-state index in [4.69, 9.17) is 0 Å². The molecule has 0 bridgehead atoms. The number of nitrogens with one attached hydrogen (secondary N) is 1. The standard InChI is InChI=1S/C17H14Br2N4O2S/c1-23-16(13-8-11(19)5-6-14(13)24)21-22-17(23)26-9-15(25)20-12-4-2-3-10(18)7-12/h2-8,24H,9H2,1H3,(H,20,25). The number of aromatic nitrogens is 3. The fourth-order valence-corrected chi connectivity index (χ4v) is 3.73. The van der Waals surface area contributed by atoms with Gasteiger partial charge < -0.3 is 15.0 Å². The number of hydrogen-bond acceptors (Lipinski definition) is 5. The molecule has 3 rings (SSSR count). The predicted molar refractivity (Wildman–Crippen MR) is 109 cm³/mol. The molecule has 1 heterocycles. The highest BCUT2D eigenvalue weighted by atomic mass is 79.9. The molecule has 26 heavy (non-hydrogen) atoms. The summed E-state index contributed by atoms with van der Waals surface area (Å²) in [7, 11) is 1.80. The maximum atomic E-state index is 12.1. The molecule has 0 unspecified atom stereocenters. The average molecular weight is 498 g/mol. The largest absolute Gasteiger partial charge is 0.507 e. The van der Waals surface area contributed by atoms with Gasteiger partial charge in [0.2, 0.25) is 5.91 Å². The van der Waals surface area contributed by atoms with Crippen molar-refractivity contribution >= 4 is 55.2 Å². The maximum absolute atomic E-state index is 12.1. The third-order valence-electron chi connectivity index (χ3n) is 3.48. The first-order chi connectivity index (χ1) is 12.4. The second-order valence-corrected chi connectivity index (χ2v) is 8.15. The second kappa shape index (κ2) is 8.24. The minimum atomic E-state index is -0.136. The minimum Gasteiger partial charge on any atom is -0.507 e. The van der Waals surface area contributed by atoms with Gasteiger partial charge >= 0.3 is 0 Å². The van der Waals surface area contributed by atoms with Crippen LogP contribution in [0.2, 0.25) is 0 Å². The van der Waals surface area contributed by atoms with Crippen LogP contribution >= 0.6 is 43.6 Å². The second-order valence-electron chi connectivity index (χ2n) is 5.37. The molecule has 1 aromatic heterocycles. The molecule has 0 aliphatic carbocycles. The van der Waals surface area contributed by atoms with E-state index in [0.717, 1.165) is 14.6 Å². The number of rotatable bonds is 5. The van der Waals surface area contributed by atoms with E-state index >= 15 is 0 Å². The summed E-state index contributed by atoms with van der Waals surface area (Å²) >= 11 is 8.03. The van der Waals surface area contributed by atoms with Gasteiger partial charge in [-0.3, -0.25) is 4.79 Å². The maximum Gasteiger partial charge on any atom is 0.234 e. The molecule has 0 aliphatic heterocycles. The minimum absolute atomic E-state index is 0.118. The monoisotopic (exact) mass is 496 g/mol. The van der Waals surface area contributed by atoms with Gasteiger partial charge in [-0.2, -0.15) is 0 Å². The molecule has 1 amide bonds. The van der Waals surface area contributed by atoms with Crippen LogP contribution in [0.1, 0.15) is 0 Å². The Morgan fingerprint density at radius 2 is 1.96 bits per heavy atom. The van der Waals surface area contributed by atoms with Gasteiger partial charge in [0.15, 0.2) is 11.0 Å². The smallest absolute Gasteiger partial charge is 0.234 e. The van der Waals surface area contributed by atoms with Crippen molar-refractivity contribution in [1.82, 2.24) is 14.8 Å². The molecule has 6 nitrogen and oxygen atoms in total. The van der Waals surface area contributed by atoms with Gasteiger partial charge in [0.25, 0.3) is 0 Å². The summed E-state index contributed by atoms with van der Waals surface area (Å²) in [5.74, 6) is 0.706. The number of aromatic hydroxyl groups is 1. The van der Waals surface area contributed by atoms with Crippen molar-refractivity contribution in [1.29, 1.82) is 0 Å². The van der Waals surface area contributed by atoms with E-state index in [2.05, 4.69) is 47.4 Å². The average Bonchev–Trinajstić information content (AvgIpc) is 2.96. The summed E-state index contributed by atoms with van der Waals surface area (Å²) in [5.41, 5.74) is 1.29. The lowest BCUT2D eigenvalue weighted by Crippen LogP contribution is -2.14. The predicted octanol–water partition coefficient (Wildman–Crippen LogP) is 4.44. The molecule has 2 N–H and O–H groups in total. The molecule has 0 saturated heterocycles. The van der Waals surface area contributed by atoms with Crippen molar-refractivity contribution in [2.45, 2.75) is 5.16 Å². The van der Waals surface area contributed by atoms with Crippen molar-refractivity contribution < 1.29 is 9.90 Å². The van der Waals surface area contributed by atoms with Crippen LogP contribution in [0.25, 0.3) is 11.4 Å². The molecule has 9 heteroatoms. The van der Waals surface area contributed by atoms with E-state index in [1.807, 2.05) is 24.3 Å². The number of amides is 1. The van der Waals surface area contributed by atoms with E-state index in [0.29, 0.717) is 16.5 Å². The number of anilines is 1. The molecular formula is C17H14Br2N4O2S. The van der Waals surface area contributed by atoms with Crippen LogP contribution in [-0.4, -0.2) is 31.5 Å². The van der Waals surface area contributed by atoms with Crippen LogP contribution in [0.5, 0.6) is 5.75 Å². The van der Waals surface area contributed by atoms with Crippen molar-refractivity contribution in [2.24, 2.45) is 7.05 Å². The lowest BCUT2D eigenvalue weighted by Gasteiger charge is -2.07. The number of nitrogens with zero attached hydrogens (tertiary/aromatic N) is 3. The van der Waals surface area contributed by atoms with Gasteiger partial charge in [0.05, 0.1) is 11.3 Å². The number of benzene rings is 2.